The van der Waals surface area contributed by atoms with E-state index in [1.165, 1.54) is 22.4 Å². The van der Waals surface area contributed by atoms with Crippen LogP contribution in [-0.2, 0) is 19.4 Å². The number of aromatic nitrogens is 2. The molecule has 0 bridgehead atoms. The molecule has 0 saturated heterocycles. The lowest BCUT2D eigenvalue weighted by atomic mass is 10.0. The van der Waals surface area contributed by atoms with Crippen LogP contribution in [0.25, 0.3) is 0 Å². The molecule has 0 saturated carbocycles. The zero-order valence-corrected chi connectivity index (χ0v) is 13.0. The third-order valence-electron chi connectivity index (χ3n) is 3.68. The molecule has 1 heterocycles. The van der Waals surface area contributed by atoms with E-state index in [0.717, 1.165) is 25.1 Å². The highest BCUT2D eigenvalue weighted by molar-refractivity contribution is 5.30. The van der Waals surface area contributed by atoms with Crippen LogP contribution in [0.5, 0.6) is 0 Å². The van der Waals surface area contributed by atoms with Crippen molar-refractivity contribution in [3.63, 3.8) is 0 Å². The van der Waals surface area contributed by atoms with Crippen LogP contribution in [0.2, 0.25) is 0 Å². The Morgan fingerprint density at radius 1 is 1.05 bits per heavy atom. The summed E-state index contributed by atoms with van der Waals surface area (Å²) in [7, 11) is 0. The molecule has 3 heteroatoms. The normalized spacial score (nSPS) is 12.7. The molecular formula is C17H25N3. The zero-order chi connectivity index (χ0) is 14.7. The van der Waals surface area contributed by atoms with Crippen molar-refractivity contribution in [3.8, 4) is 0 Å². The van der Waals surface area contributed by atoms with Gasteiger partial charge in [-0.25, -0.2) is 0 Å². The summed E-state index contributed by atoms with van der Waals surface area (Å²) in [5.74, 6) is 0. The fourth-order valence-corrected chi connectivity index (χ4v) is 2.65. The molecule has 0 spiro atoms. The monoisotopic (exact) mass is 271 g/mol. The number of rotatable bonds is 5. The standard InChI is InChI=1S/C17H25N3/c1-5-15-10-16(6-2)20(19-15)11-17(18)14-8-12(3)7-13(4)9-14/h7-10,17H,5-6,11,18H2,1-4H3. The van der Waals surface area contributed by atoms with Crippen LogP contribution in [0.4, 0.5) is 0 Å². The van der Waals surface area contributed by atoms with E-state index in [1.807, 2.05) is 0 Å². The van der Waals surface area contributed by atoms with E-state index >= 15 is 0 Å². The summed E-state index contributed by atoms with van der Waals surface area (Å²) >= 11 is 0. The third kappa shape index (κ3) is 3.28. The van der Waals surface area contributed by atoms with Gasteiger partial charge in [-0.3, -0.25) is 4.68 Å². The van der Waals surface area contributed by atoms with Crippen LogP contribution in [0, 0.1) is 13.8 Å². The molecule has 1 unspecified atom stereocenters. The molecule has 1 aromatic heterocycles. The maximum Gasteiger partial charge on any atom is 0.0624 e. The highest BCUT2D eigenvalue weighted by Crippen LogP contribution is 2.18. The highest BCUT2D eigenvalue weighted by Gasteiger charge is 2.12. The molecule has 20 heavy (non-hydrogen) atoms. The van der Waals surface area contributed by atoms with E-state index in [4.69, 9.17) is 5.73 Å². The first-order chi connectivity index (χ1) is 9.53. The lowest BCUT2D eigenvalue weighted by Gasteiger charge is -2.15. The lowest BCUT2D eigenvalue weighted by molar-refractivity contribution is 0.507. The van der Waals surface area contributed by atoms with Crippen LogP contribution < -0.4 is 5.73 Å². The summed E-state index contributed by atoms with van der Waals surface area (Å²) in [6, 6.07) is 8.70. The van der Waals surface area contributed by atoms with Gasteiger partial charge in [-0.1, -0.05) is 43.2 Å². The van der Waals surface area contributed by atoms with Gasteiger partial charge in [0.25, 0.3) is 0 Å². The number of hydrogen-bond acceptors (Lipinski definition) is 2. The van der Waals surface area contributed by atoms with Crippen molar-refractivity contribution in [2.75, 3.05) is 0 Å². The SMILES string of the molecule is CCc1cc(CC)n(CC(N)c2cc(C)cc(C)c2)n1. The average molecular weight is 271 g/mol. The summed E-state index contributed by atoms with van der Waals surface area (Å²) in [4.78, 5) is 0. The summed E-state index contributed by atoms with van der Waals surface area (Å²) in [6.07, 6.45) is 1.96. The second kappa shape index (κ2) is 6.23. The molecule has 2 aromatic rings. The van der Waals surface area contributed by atoms with Crippen molar-refractivity contribution in [2.45, 2.75) is 53.1 Å². The van der Waals surface area contributed by atoms with E-state index in [-0.39, 0.29) is 6.04 Å². The van der Waals surface area contributed by atoms with Crippen LogP contribution in [0.15, 0.2) is 24.3 Å². The van der Waals surface area contributed by atoms with E-state index in [0.29, 0.717) is 0 Å². The molecule has 2 rings (SSSR count). The van der Waals surface area contributed by atoms with Gasteiger partial charge in [0.2, 0.25) is 0 Å². The van der Waals surface area contributed by atoms with Gasteiger partial charge in [-0.05, 0) is 38.3 Å². The predicted molar refractivity (Wildman–Crippen MR) is 83.8 cm³/mol. The Labute approximate surface area is 121 Å². The minimum atomic E-state index is -0.0106. The topological polar surface area (TPSA) is 43.8 Å². The molecule has 0 aliphatic heterocycles. The summed E-state index contributed by atoms with van der Waals surface area (Å²) in [5, 5.41) is 4.65. The molecule has 108 valence electrons. The number of benzene rings is 1. The largest absolute Gasteiger partial charge is 0.322 e. The molecule has 0 aliphatic carbocycles. The van der Waals surface area contributed by atoms with Crippen LogP contribution in [0.3, 0.4) is 0 Å². The van der Waals surface area contributed by atoms with Gasteiger partial charge in [-0.2, -0.15) is 5.10 Å². The van der Waals surface area contributed by atoms with Crippen molar-refractivity contribution in [1.29, 1.82) is 0 Å². The van der Waals surface area contributed by atoms with Crippen LogP contribution in [-0.4, -0.2) is 9.78 Å². The van der Waals surface area contributed by atoms with Gasteiger partial charge in [0.1, 0.15) is 0 Å². The molecule has 0 fully saturated rings. The van der Waals surface area contributed by atoms with Gasteiger partial charge >= 0.3 is 0 Å². The van der Waals surface area contributed by atoms with Gasteiger partial charge in [0.15, 0.2) is 0 Å². The first-order valence-electron chi connectivity index (χ1n) is 7.42. The van der Waals surface area contributed by atoms with Gasteiger partial charge < -0.3 is 5.73 Å². The van der Waals surface area contributed by atoms with E-state index < -0.39 is 0 Å². The third-order valence-corrected chi connectivity index (χ3v) is 3.68. The maximum atomic E-state index is 6.38. The van der Waals surface area contributed by atoms with Crippen LogP contribution in [0.1, 0.15) is 48.0 Å². The molecule has 1 atom stereocenters. The number of nitrogens with zero attached hydrogens (tertiary/aromatic N) is 2. The zero-order valence-electron chi connectivity index (χ0n) is 13.0. The Morgan fingerprint density at radius 3 is 2.25 bits per heavy atom. The van der Waals surface area contributed by atoms with E-state index in [2.05, 4.69) is 61.7 Å². The Balaban J connectivity index is 2.22. The Morgan fingerprint density at radius 2 is 1.70 bits per heavy atom. The fourth-order valence-electron chi connectivity index (χ4n) is 2.65. The van der Waals surface area contributed by atoms with E-state index in [1.54, 1.807) is 0 Å². The predicted octanol–water partition coefficient (Wildman–Crippen LogP) is 3.32. The lowest BCUT2D eigenvalue weighted by Crippen LogP contribution is -2.20. The first-order valence-corrected chi connectivity index (χ1v) is 7.42. The molecule has 1 aromatic carbocycles. The van der Waals surface area contributed by atoms with Crippen molar-refractivity contribution < 1.29 is 0 Å². The highest BCUT2D eigenvalue weighted by atomic mass is 15.3. The second-order valence-corrected chi connectivity index (χ2v) is 5.54. The molecular weight excluding hydrogens is 246 g/mol. The summed E-state index contributed by atoms with van der Waals surface area (Å²) in [5.41, 5.74) is 12.5. The van der Waals surface area contributed by atoms with Crippen molar-refractivity contribution in [2.24, 2.45) is 5.73 Å². The molecule has 0 amide bonds. The number of hydrogen-bond donors (Lipinski definition) is 1. The maximum absolute atomic E-state index is 6.38. The Bertz CT molecular complexity index is 564. The van der Waals surface area contributed by atoms with Crippen LogP contribution >= 0.6 is 0 Å². The van der Waals surface area contributed by atoms with Crippen molar-refractivity contribution >= 4 is 0 Å². The Hall–Kier alpha value is -1.61. The minimum Gasteiger partial charge on any atom is -0.322 e. The fraction of sp³-hybridized carbons (Fsp3) is 0.471. The Kier molecular flexibility index (Phi) is 4.61. The second-order valence-electron chi connectivity index (χ2n) is 5.54. The van der Waals surface area contributed by atoms with Crippen molar-refractivity contribution in [3.05, 3.63) is 52.3 Å². The molecule has 3 nitrogen and oxygen atoms in total. The first kappa shape index (κ1) is 14.8. The summed E-state index contributed by atoms with van der Waals surface area (Å²) in [6.45, 7) is 9.27. The number of nitrogens with two attached hydrogens (primary N) is 1. The molecule has 2 N–H and O–H groups in total. The van der Waals surface area contributed by atoms with Gasteiger partial charge in [0.05, 0.1) is 12.2 Å². The average Bonchev–Trinajstić information content (AvgIpc) is 2.79. The van der Waals surface area contributed by atoms with E-state index in [9.17, 15) is 0 Å². The minimum absolute atomic E-state index is 0.0106. The van der Waals surface area contributed by atoms with Gasteiger partial charge in [0, 0.05) is 11.7 Å². The number of aryl methyl sites for hydroxylation is 4. The smallest absolute Gasteiger partial charge is 0.0624 e. The molecule has 0 aliphatic rings. The van der Waals surface area contributed by atoms with Gasteiger partial charge in [-0.15, -0.1) is 0 Å². The summed E-state index contributed by atoms with van der Waals surface area (Å²) < 4.78 is 2.07. The molecule has 0 radical (unpaired) electrons. The quantitative estimate of drug-likeness (QED) is 0.906. The van der Waals surface area contributed by atoms with Crippen molar-refractivity contribution in [1.82, 2.24) is 9.78 Å².